The summed E-state index contributed by atoms with van der Waals surface area (Å²) in [5.41, 5.74) is 0.863. The zero-order valence-corrected chi connectivity index (χ0v) is 13.6. The summed E-state index contributed by atoms with van der Waals surface area (Å²) < 4.78 is 14.1. The van der Waals surface area contributed by atoms with Crippen LogP contribution in [-0.4, -0.2) is 18.7 Å². The number of benzene rings is 2. The van der Waals surface area contributed by atoms with Gasteiger partial charge in [-0.25, -0.2) is 4.39 Å². The molecule has 22 heavy (non-hydrogen) atoms. The van der Waals surface area contributed by atoms with Crippen LogP contribution in [0.5, 0.6) is 0 Å². The van der Waals surface area contributed by atoms with E-state index in [0.717, 1.165) is 5.56 Å². The number of nitrogens with zero attached hydrogens (tertiary/aromatic N) is 1. The van der Waals surface area contributed by atoms with Gasteiger partial charge in [0.15, 0.2) is 6.61 Å². The van der Waals surface area contributed by atoms with E-state index < -0.39 is 11.7 Å². The maximum Gasteiger partial charge on any atom is 0.265 e. The number of carbonyl (C=O) groups is 1. The third kappa shape index (κ3) is 5.13. The predicted molar refractivity (Wildman–Crippen MR) is 87.7 cm³/mol. The summed E-state index contributed by atoms with van der Waals surface area (Å²) in [7, 11) is 0. The minimum Gasteiger partial charge on any atom is -0.386 e. The minimum absolute atomic E-state index is 0.0819. The van der Waals surface area contributed by atoms with E-state index >= 15 is 0 Å². The zero-order valence-electron chi connectivity index (χ0n) is 11.2. The molecule has 0 saturated carbocycles. The zero-order chi connectivity index (χ0) is 15.9. The summed E-state index contributed by atoms with van der Waals surface area (Å²) in [6.07, 6.45) is 1.45. The van der Waals surface area contributed by atoms with Gasteiger partial charge in [-0.2, -0.15) is 0 Å². The second-order valence-electron chi connectivity index (χ2n) is 4.23. The molecule has 1 amide bonds. The van der Waals surface area contributed by atoms with Crippen molar-refractivity contribution in [2.24, 2.45) is 5.16 Å². The minimum atomic E-state index is -0.535. The molecule has 114 valence electrons. The lowest BCUT2D eigenvalue weighted by molar-refractivity contribution is -0.120. The fourth-order valence-corrected chi connectivity index (χ4v) is 1.98. The molecule has 0 saturated heterocycles. The number of halogens is 3. The summed E-state index contributed by atoms with van der Waals surface area (Å²) in [6.45, 7) is -0.320. The Labute approximate surface area is 140 Å². The normalized spacial score (nSPS) is 10.7. The van der Waals surface area contributed by atoms with Crippen LogP contribution in [0.2, 0.25) is 5.02 Å². The van der Waals surface area contributed by atoms with E-state index in [4.69, 9.17) is 16.4 Å². The molecule has 0 bridgehead atoms. The second kappa shape index (κ2) is 7.91. The van der Waals surface area contributed by atoms with Crippen LogP contribution in [0.15, 0.2) is 52.1 Å². The van der Waals surface area contributed by atoms with Gasteiger partial charge < -0.3 is 10.2 Å². The van der Waals surface area contributed by atoms with E-state index in [-0.39, 0.29) is 12.3 Å². The molecule has 0 aromatic heterocycles. The number of rotatable bonds is 5. The number of amides is 1. The van der Waals surface area contributed by atoms with Crippen LogP contribution in [-0.2, 0) is 9.63 Å². The monoisotopic (exact) mass is 384 g/mol. The van der Waals surface area contributed by atoms with Crippen LogP contribution in [0, 0.1) is 5.82 Å². The number of hydrogen-bond donors (Lipinski definition) is 1. The molecule has 2 rings (SSSR count). The second-order valence-corrected chi connectivity index (χ2v) is 5.58. The Morgan fingerprint density at radius 1 is 1.32 bits per heavy atom. The van der Waals surface area contributed by atoms with E-state index in [1.807, 2.05) is 0 Å². The lowest BCUT2D eigenvalue weighted by Crippen LogP contribution is -2.17. The van der Waals surface area contributed by atoms with Gasteiger partial charge in [0.1, 0.15) is 5.82 Å². The number of nitrogens with one attached hydrogen (secondary N) is 1. The van der Waals surface area contributed by atoms with Gasteiger partial charge in [-0.15, -0.1) is 0 Å². The summed E-state index contributed by atoms with van der Waals surface area (Å²) in [5.74, 6) is -1.04. The van der Waals surface area contributed by atoms with Gasteiger partial charge in [-0.1, -0.05) is 44.8 Å². The molecule has 0 radical (unpaired) electrons. The molecule has 7 heteroatoms. The van der Waals surface area contributed by atoms with Crippen molar-refractivity contribution in [3.8, 4) is 0 Å². The van der Waals surface area contributed by atoms with Crippen LogP contribution in [0.4, 0.5) is 10.1 Å². The van der Waals surface area contributed by atoms with Gasteiger partial charge in [0.05, 0.1) is 11.9 Å². The Bertz CT molecular complexity index is 692. The average molecular weight is 386 g/mol. The summed E-state index contributed by atoms with van der Waals surface area (Å²) in [5, 5.41) is 6.67. The summed E-state index contributed by atoms with van der Waals surface area (Å²) >= 11 is 8.89. The molecule has 2 aromatic rings. The quantitative estimate of drug-likeness (QED) is 0.618. The summed E-state index contributed by atoms with van der Waals surface area (Å²) in [6, 6.07) is 11.3. The highest BCUT2D eigenvalue weighted by Gasteiger charge is 2.07. The highest BCUT2D eigenvalue weighted by Crippen LogP contribution is 2.19. The fourth-order valence-electron chi connectivity index (χ4n) is 1.52. The average Bonchev–Trinajstić information content (AvgIpc) is 2.48. The molecular formula is C15H11BrClFN2O2. The molecule has 0 spiro atoms. The Morgan fingerprint density at radius 3 is 2.73 bits per heavy atom. The first kappa shape index (κ1) is 16.5. The van der Waals surface area contributed by atoms with Crippen LogP contribution in [0.3, 0.4) is 0 Å². The summed E-state index contributed by atoms with van der Waals surface area (Å²) in [4.78, 5) is 16.5. The lowest BCUT2D eigenvalue weighted by atomic mass is 10.2. The van der Waals surface area contributed by atoms with Gasteiger partial charge in [0, 0.05) is 9.50 Å². The maximum atomic E-state index is 13.5. The Hall–Kier alpha value is -1.92. The van der Waals surface area contributed by atoms with Crippen LogP contribution < -0.4 is 5.32 Å². The fraction of sp³-hybridized carbons (Fsp3) is 0.0667. The molecule has 0 fully saturated rings. The molecule has 1 N–H and O–H groups in total. The topological polar surface area (TPSA) is 50.7 Å². The van der Waals surface area contributed by atoms with Crippen LogP contribution in [0.1, 0.15) is 5.56 Å². The predicted octanol–water partition coefficient (Wildman–Crippen LogP) is 4.23. The molecule has 0 aliphatic heterocycles. The van der Waals surface area contributed by atoms with E-state index in [0.29, 0.717) is 9.50 Å². The third-order valence-electron chi connectivity index (χ3n) is 2.55. The van der Waals surface area contributed by atoms with E-state index in [1.54, 1.807) is 30.3 Å². The first-order valence-electron chi connectivity index (χ1n) is 6.20. The van der Waals surface area contributed by atoms with Gasteiger partial charge in [0.2, 0.25) is 0 Å². The van der Waals surface area contributed by atoms with Crippen molar-refractivity contribution in [1.82, 2.24) is 0 Å². The highest BCUT2D eigenvalue weighted by molar-refractivity contribution is 9.10. The molecule has 0 atom stereocenters. The molecule has 4 nitrogen and oxygen atoms in total. The third-order valence-corrected chi connectivity index (χ3v) is 3.29. The van der Waals surface area contributed by atoms with Gasteiger partial charge in [-0.05, 0) is 35.9 Å². The Balaban J connectivity index is 1.81. The molecular weight excluding hydrogens is 375 g/mol. The number of anilines is 1. The van der Waals surface area contributed by atoms with Crippen LogP contribution in [0.25, 0.3) is 0 Å². The molecule has 2 aromatic carbocycles. The van der Waals surface area contributed by atoms with Gasteiger partial charge in [-0.3, -0.25) is 4.79 Å². The van der Waals surface area contributed by atoms with Crippen molar-refractivity contribution in [2.45, 2.75) is 0 Å². The maximum absolute atomic E-state index is 13.5. The SMILES string of the molecule is O=C(CO/N=C/c1ccc(Cl)cc1)Nc1ccc(Br)cc1F. The van der Waals surface area contributed by atoms with Crippen molar-refractivity contribution in [1.29, 1.82) is 0 Å². The van der Waals surface area contributed by atoms with Crippen molar-refractivity contribution >= 4 is 45.3 Å². The Morgan fingerprint density at radius 2 is 2.05 bits per heavy atom. The van der Waals surface area contributed by atoms with E-state index in [2.05, 4.69) is 26.4 Å². The molecule has 0 aliphatic rings. The number of carbonyl (C=O) groups excluding carboxylic acids is 1. The first-order chi connectivity index (χ1) is 10.5. The van der Waals surface area contributed by atoms with Crippen molar-refractivity contribution in [3.63, 3.8) is 0 Å². The smallest absolute Gasteiger partial charge is 0.265 e. The lowest BCUT2D eigenvalue weighted by Gasteiger charge is -2.05. The molecule has 0 aliphatic carbocycles. The largest absolute Gasteiger partial charge is 0.386 e. The Kier molecular flexibility index (Phi) is 5.91. The van der Waals surface area contributed by atoms with Gasteiger partial charge >= 0.3 is 0 Å². The van der Waals surface area contributed by atoms with Crippen molar-refractivity contribution in [3.05, 3.63) is 63.3 Å². The molecule has 0 heterocycles. The highest BCUT2D eigenvalue weighted by atomic mass is 79.9. The van der Waals surface area contributed by atoms with Crippen LogP contribution >= 0.6 is 27.5 Å². The molecule has 0 unspecified atom stereocenters. The number of oxime groups is 1. The van der Waals surface area contributed by atoms with Crippen molar-refractivity contribution in [2.75, 3.05) is 11.9 Å². The number of hydrogen-bond acceptors (Lipinski definition) is 3. The van der Waals surface area contributed by atoms with E-state index in [1.165, 1.54) is 18.3 Å². The van der Waals surface area contributed by atoms with E-state index in [9.17, 15) is 9.18 Å². The standard InChI is InChI=1S/C15H11BrClFN2O2/c16-11-3-6-14(13(18)7-11)20-15(21)9-22-19-8-10-1-4-12(17)5-2-10/h1-8H,9H2,(H,20,21)/b19-8+. The van der Waals surface area contributed by atoms with Gasteiger partial charge in [0.25, 0.3) is 5.91 Å². The van der Waals surface area contributed by atoms with Crippen molar-refractivity contribution < 1.29 is 14.0 Å². The first-order valence-corrected chi connectivity index (χ1v) is 7.37.